The highest BCUT2D eigenvalue weighted by atomic mass is 35.5. The number of amides is 1. The molecule has 0 heterocycles. The molecule has 0 atom stereocenters. The Hall–Kier alpha value is -1.24. The number of hydrogen-bond acceptors (Lipinski definition) is 4. The molecule has 0 saturated heterocycles. The van der Waals surface area contributed by atoms with E-state index in [1.807, 2.05) is 0 Å². The lowest BCUT2D eigenvalue weighted by molar-refractivity contribution is 0.1000. The van der Waals surface area contributed by atoms with Gasteiger partial charge in [-0.05, 0) is 18.2 Å². The van der Waals surface area contributed by atoms with Crippen molar-refractivity contribution in [2.75, 3.05) is 0 Å². The van der Waals surface area contributed by atoms with Gasteiger partial charge in [0.2, 0.25) is 5.91 Å². The van der Waals surface area contributed by atoms with Gasteiger partial charge in [0.15, 0.2) is 0 Å². The molecule has 5 nitrogen and oxygen atoms in total. The molecule has 1 amide bonds. The fraction of sp³-hybridized carbons (Fsp3) is 0. The molecule has 0 aromatic heterocycles. The van der Waals surface area contributed by atoms with Crippen molar-refractivity contribution in [3.8, 4) is 5.75 Å². The van der Waals surface area contributed by atoms with Crippen molar-refractivity contribution in [1.29, 1.82) is 0 Å². The second-order valence-electron chi connectivity index (χ2n) is 2.45. The van der Waals surface area contributed by atoms with Crippen LogP contribution in [-0.2, 0) is 0 Å². The summed E-state index contributed by atoms with van der Waals surface area (Å²) in [6, 6.07) is 4.00. The van der Waals surface area contributed by atoms with Crippen LogP contribution in [0, 0.1) is 0 Å². The van der Waals surface area contributed by atoms with E-state index in [2.05, 4.69) is 4.65 Å². The second kappa shape index (κ2) is 4.32. The van der Waals surface area contributed by atoms with Crippen molar-refractivity contribution in [2.24, 2.45) is 5.73 Å². The van der Waals surface area contributed by atoms with E-state index in [0.29, 0.717) is 0 Å². The van der Waals surface area contributed by atoms with Crippen LogP contribution in [0.5, 0.6) is 5.75 Å². The summed E-state index contributed by atoms with van der Waals surface area (Å²) in [5.74, 6) is -0.670. The number of hydrogen-bond donors (Lipinski definition) is 3. The van der Waals surface area contributed by atoms with E-state index in [9.17, 15) is 4.79 Å². The molecule has 0 bridgehead atoms. The molecular formula is C7H7BClNO4. The van der Waals surface area contributed by atoms with Crippen LogP contribution in [0.4, 0.5) is 0 Å². The van der Waals surface area contributed by atoms with Gasteiger partial charge < -0.3 is 20.4 Å². The summed E-state index contributed by atoms with van der Waals surface area (Å²) in [6.45, 7) is 0. The second-order valence-corrected chi connectivity index (χ2v) is 2.86. The summed E-state index contributed by atoms with van der Waals surface area (Å²) < 4.78 is 4.51. The van der Waals surface area contributed by atoms with E-state index in [4.69, 9.17) is 27.4 Å². The lowest BCUT2D eigenvalue weighted by atomic mass is 10.2. The zero-order chi connectivity index (χ0) is 10.7. The lowest BCUT2D eigenvalue weighted by Gasteiger charge is -2.07. The topological polar surface area (TPSA) is 92.8 Å². The van der Waals surface area contributed by atoms with Gasteiger partial charge >= 0.3 is 7.32 Å². The average molecular weight is 215 g/mol. The molecule has 1 rings (SSSR count). The molecule has 0 aliphatic rings. The quantitative estimate of drug-likeness (QED) is 0.608. The average Bonchev–Trinajstić information content (AvgIpc) is 2.07. The summed E-state index contributed by atoms with van der Waals surface area (Å²) in [5, 5.41) is 17.2. The van der Waals surface area contributed by atoms with Crippen LogP contribution in [-0.4, -0.2) is 23.3 Å². The first kappa shape index (κ1) is 10.8. The van der Waals surface area contributed by atoms with Gasteiger partial charge in [-0.1, -0.05) is 11.6 Å². The third kappa shape index (κ3) is 2.63. The number of nitrogens with two attached hydrogens (primary N) is 1. The third-order valence-electron chi connectivity index (χ3n) is 1.45. The summed E-state index contributed by atoms with van der Waals surface area (Å²) in [7, 11) is -1.99. The summed E-state index contributed by atoms with van der Waals surface area (Å²) in [4.78, 5) is 10.7. The van der Waals surface area contributed by atoms with E-state index in [0.717, 1.165) is 0 Å². The molecule has 14 heavy (non-hydrogen) atoms. The van der Waals surface area contributed by atoms with E-state index in [-0.39, 0.29) is 16.3 Å². The summed E-state index contributed by atoms with van der Waals surface area (Å²) >= 11 is 5.65. The number of carbonyl (C=O) groups excluding carboxylic acids is 1. The minimum Gasteiger partial charge on any atom is -0.511 e. The Morgan fingerprint density at radius 1 is 1.50 bits per heavy atom. The maximum absolute atomic E-state index is 10.7. The van der Waals surface area contributed by atoms with E-state index in [1.165, 1.54) is 18.2 Å². The largest absolute Gasteiger partial charge is 0.707 e. The van der Waals surface area contributed by atoms with Crippen LogP contribution >= 0.6 is 11.6 Å². The Labute approximate surface area is 85.2 Å². The van der Waals surface area contributed by atoms with Crippen LogP contribution in [0.3, 0.4) is 0 Å². The molecule has 4 N–H and O–H groups in total. The van der Waals surface area contributed by atoms with Crippen LogP contribution in [0.25, 0.3) is 0 Å². The van der Waals surface area contributed by atoms with Crippen LogP contribution in [0.15, 0.2) is 18.2 Å². The molecule has 0 spiro atoms. The van der Waals surface area contributed by atoms with E-state index >= 15 is 0 Å². The number of primary amides is 1. The molecule has 7 heteroatoms. The first-order valence-corrected chi connectivity index (χ1v) is 4.00. The van der Waals surface area contributed by atoms with Crippen molar-refractivity contribution >= 4 is 24.8 Å². The minimum atomic E-state index is -1.99. The molecule has 0 radical (unpaired) electrons. The van der Waals surface area contributed by atoms with Gasteiger partial charge in [0.1, 0.15) is 5.75 Å². The number of benzene rings is 1. The SMILES string of the molecule is NC(=O)c1ccc(Cl)c(OB(O)O)c1. The highest BCUT2D eigenvalue weighted by molar-refractivity contribution is 6.36. The maximum Gasteiger partial charge on any atom is 0.707 e. The fourth-order valence-electron chi connectivity index (χ4n) is 0.861. The van der Waals surface area contributed by atoms with Gasteiger partial charge in [-0.3, -0.25) is 4.79 Å². The standard InChI is InChI=1S/C7H7BClNO4/c9-5-2-1-4(7(10)11)3-6(5)14-8(12)13/h1-3,12-13H,(H2,10,11). The third-order valence-corrected chi connectivity index (χ3v) is 1.76. The summed E-state index contributed by atoms with van der Waals surface area (Å²) in [5.41, 5.74) is 5.17. The Morgan fingerprint density at radius 3 is 2.64 bits per heavy atom. The highest BCUT2D eigenvalue weighted by Gasteiger charge is 2.15. The van der Waals surface area contributed by atoms with Crippen molar-refractivity contribution in [1.82, 2.24) is 0 Å². The molecule has 0 aliphatic heterocycles. The van der Waals surface area contributed by atoms with Crippen molar-refractivity contribution in [3.05, 3.63) is 28.8 Å². The normalized spacial score (nSPS) is 9.64. The zero-order valence-electron chi connectivity index (χ0n) is 6.98. The fourth-order valence-corrected chi connectivity index (χ4v) is 1.02. The molecule has 0 saturated carbocycles. The molecule has 1 aromatic rings. The van der Waals surface area contributed by atoms with Crippen molar-refractivity contribution in [3.63, 3.8) is 0 Å². The van der Waals surface area contributed by atoms with E-state index in [1.54, 1.807) is 0 Å². The van der Waals surface area contributed by atoms with Gasteiger partial charge in [-0.25, -0.2) is 0 Å². The monoisotopic (exact) mass is 215 g/mol. The Bertz CT molecular complexity index is 358. The highest BCUT2D eigenvalue weighted by Crippen LogP contribution is 2.25. The first-order chi connectivity index (χ1) is 6.50. The molecule has 0 aliphatic carbocycles. The first-order valence-electron chi connectivity index (χ1n) is 3.63. The van der Waals surface area contributed by atoms with Gasteiger partial charge in [0, 0.05) is 5.56 Å². The summed E-state index contributed by atoms with van der Waals surface area (Å²) in [6.07, 6.45) is 0. The van der Waals surface area contributed by atoms with Crippen LogP contribution < -0.4 is 10.4 Å². The Morgan fingerprint density at radius 2 is 2.14 bits per heavy atom. The predicted octanol–water partition coefficient (Wildman–Crippen LogP) is -0.213. The molecule has 0 fully saturated rings. The number of halogens is 1. The Balaban J connectivity index is 3.02. The van der Waals surface area contributed by atoms with Gasteiger partial charge in [0.05, 0.1) is 5.02 Å². The van der Waals surface area contributed by atoms with Gasteiger partial charge in [0.25, 0.3) is 0 Å². The smallest absolute Gasteiger partial charge is 0.511 e. The number of carbonyl (C=O) groups is 1. The van der Waals surface area contributed by atoms with Crippen molar-refractivity contribution < 1.29 is 19.5 Å². The van der Waals surface area contributed by atoms with E-state index < -0.39 is 13.2 Å². The lowest BCUT2D eigenvalue weighted by Crippen LogP contribution is -2.21. The Kier molecular flexibility index (Phi) is 3.35. The molecular weight excluding hydrogens is 208 g/mol. The van der Waals surface area contributed by atoms with Gasteiger partial charge in [-0.2, -0.15) is 0 Å². The van der Waals surface area contributed by atoms with Crippen LogP contribution in [0.2, 0.25) is 5.02 Å². The van der Waals surface area contributed by atoms with Crippen LogP contribution in [0.1, 0.15) is 10.4 Å². The maximum atomic E-state index is 10.7. The number of rotatable bonds is 3. The minimum absolute atomic E-state index is 0.0158. The predicted molar refractivity (Wildman–Crippen MR) is 50.8 cm³/mol. The molecule has 1 aromatic carbocycles. The zero-order valence-corrected chi connectivity index (χ0v) is 7.73. The van der Waals surface area contributed by atoms with Crippen molar-refractivity contribution in [2.45, 2.75) is 0 Å². The molecule has 0 unspecified atom stereocenters. The van der Waals surface area contributed by atoms with Gasteiger partial charge in [-0.15, -0.1) is 0 Å². The molecule has 74 valence electrons.